The number of fused-ring (bicyclic) bond motifs is 1. The number of piperidine rings is 1. The molecule has 0 aliphatic carbocycles. The van der Waals surface area contributed by atoms with Gasteiger partial charge in [0, 0.05) is 24.5 Å². The van der Waals surface area contributed by atoms with Crippen LogP contribution in [0, 0.1) is 6.92 Å². The van der Waals surface area contributed by atoms with Crippen molar-refractivity contribution in [3.63, 3.8) is 0 Å². The van der Waals surface area contributed by atoms with Crippen molar-refractivity contribution in [3.8, 4) is 0 Å². The molecule has 1 aliphatic heterocycles. The summed E-state index contributed by atoms with van der Waals surface area (Å²) in [4.78, 5) is 14.4. The van der Waals surface area contributed by atoms with E-state index >= 15 is 0 Å². The molecule has 2 heterocycles. The molecule has 0 spiro atoms. The van der Waals surface area contributed by atoms with Gasteiger partial charge < -0.3 is 14.6 Å². The first kappa shape index (κ1) is 13.2. The number of benzene rings is 1. The van der Waals surface area contributed by atoms with Crippen LogP contribution in [0.25, 0.3) is 11.0 Å². The van der Waals surface area contributed by atoms with E-state index in [1.54, 1.807) is 0 Å². The van der Waals surface area contributed by atoms with Gasteiger partial charge in [-0.2, -0.15) is 0 Å². The molecule has 1 aliphatic rings. The van der Waals surface area contributed by atoms with Gasteiger partial charge in [-0.05, 0) is 38.4 Å². The monoisotopic (exact) mass is 272 g/mol. The van der Waals surface area contributed by atoms with Crippen molar-refractivity contribution in [2.45, 2.75) is 25.8 Å². The quantitative estimate of drug-likeness (QED) is 0.914. The molecular weight excluding hydrogens is 252 g/mol. The highest BCUT2D eigenvalue weighted by Gasteiger charge is 2.25. The normalized spacial score (nSPS) is 19.5. The van der Waals surface area contributed by atoms with Crippen LogP contribution in [-0.4, -0.2) is 37.0 Å². The number of likely N-dealkylation sites (N-methyl/N-ethyl adjacent to an activating group) is 1. The highest BCUT2D eigenvalue weighted by molar-refractivity contribution is 5.96. The summed E-state index contributed by atoms with van der Waals surface area (Å²) in [5.74, 6) is 0.451. The Bertz CT molecular complexity index is 632. The molecular formula is C16H20N2O2. The van der Waals surface area contributed by atoms with Crippen LogP contribution in [0.3, 0.4) is 0 Å². The van der Waals surface area contributed by atoms with Gasteiger partial charge in [0.15, 0.2) is 5.76 Å². The molecule has 106 valence electrons. The van der Waals surface area contributed by atoms with Crippen molar-refractivity contribution in [1.29, 1.82) is 0 Å². The largest absolute Gasteiger partial charge is 0.451 e. The van der Waals surface area contributed by atoms with E-state index in [0.29, 0.717) is 11.8 Å². The van der Waals surface area contributed by atoms with E-state index in [1.807, 2.05) is 43.1 Å². The number of furan rings is 1. The number of nitrogens with one attached hydrogen (secondary N) is 1. The molecule has 1 aromatic carbocycles. The number of nitrogens with zero attached hydrogens (tertiary/aromatic N) is 1. The van der Waals surface area contributed by atoms with E-state index in [0.717, 1.165) is 42.5 Å². The Balaban J connectivity index is 1.86. The second-order valence-corrected chi connectivity index (χ2v) is 5.48. The number of hydrogen-bond donors (Lipinski definition) is 1. The zero-order chi connectivity index (χ0) is 14.1. The minimum Gasteiger partial charge on any atom is -0.451 e. The van der Waals surface area contributed by atoms with E-state index < -0.39 is 0 Å². The van der Waals surface area contributed by atoms with Crippen molar-refractivity contribution < 1.29 is 9.21 Å². The highest BCUT2D eigenvalue weighted by atomic mass is 16.3. The molecule has 0 radical (unpaired) electrons. The Morgan fingerprint density at radius 1 is 1.45 bits per heavy atom. The molecule has 0 bridgehead atoms. The summed E-state index contributed by atoms with van der Waals surface area (Å²) >= 11 is 0. The Morgan fingerprint density at radius 2 is 2.30 bits per heavy atom. The summed E-state index contributed by atoms with van der Waals surface area (Å²) in [5.41, 5.74) is 1.88. The van der Waals surface area contributed by atoms with Gasteiger partial charge in [0.2, 0.25) is 0 Å². The van der Waals surface area contributed by atoms with E-state index in [4.69, 9.17) is 4.42 Å². The number of carbonyl (C=O) groups excluding carboxylic acids is 1. The zero-order valence-electron chi connectivity index (χ0n) is 12.0. The van der Waals surface area contributed by atoms with Crippen molar-refractivity contribution in [2.75, 3.05) is 20.1 Å². The van der Waals surface area contributed by atoms with Gasteiger partial charge in [0.1, 0.15) is 5.58 Å². The van der Waals surface area contributed by atoms with E-state index in [-0.39, 0.29) is 5.91 Å². The van der Waals surface area contributed by atoms with Gasteiger partial charge in [0.25, 0.3) is 5.91 Å². The SMILES string of the molecule is CNC1CCCN(C(=O)c2cc3cccc(C)c3o2)C1. The second-order valence-electron chi connectivity index (χ2n) is 5.48. The number of aryl methyl sites for hydroxylation is 1. The minimum absolute atomic E-state index is 0.000509. The van der Waals surface area contributed by atoms with Crippen LogP contribution in [0.5, 0.6) is 0 Å². The molecule has 20 heavy (non-hydrogen) atoms. The van der Waals surface area contributed by atoms with Crippen molar-refractivity contribution in [2.24, 2.45) is 0 Å². The van der Waals surface area contributed by atoms with E-state index in [1.165, 1.54) is 0 Å². The molecule has 1 fully saturated rings. The number of hydrogen-bond acceptors (Lipinski definition) is 3. The molecule has 4 heteroatoms. The molecule has 1 N–H and O–H groups in total. The molecule has 1 amide bonds. The van der Waals surface area contributed by atoms with Gasteiger partial charge in [-0.25, -0.2) is 0 Å². The van der Waals surface area contributed by atoms with E-state index in [2.05, 4.69) is 5.32 Å². The maximum Gasteiger partial charge on any atom is 0.289 e. The minimum atomic E-state index is 0.000509. The van der Waals surface area contributed by atoms with Crippen molar-refractivity contribution >= 4 is 16.9 Å². The van der Waals surface area contributed by atoms with Crippen LogP contribution in [0.2, 0.25) is 0 Å². The molecule has 1 saturated heterocycles. The van der Waals surface area contributed by atoms with Crippen LogP contribution in [0.4, 0.5) is 0 Å². The molecule has 2 aromatic rings. The third kappa shape index (κ3) is 2.31. The first-order valence-electron chi connectivity index (χ1n) is 7.14. The van der Waals surface area contributed by atoms with Crippen LogP contribution >= 0.6 is 0 Å². The topological polar surface area (TPSA) is 45.5 Å². The van der Waals surface area contributed by atoms with Crippen molar-refractivity contribution in [1.82, 2.24) is 10.2 Å². The van der Waals surface area contributed by atoms with Gasteiger partial charge >= 0.3 is 0 Å². The maximum atomic E-state index is 12.5. The summed E-state index contributed by atoms with van der Waals surface area (Å²) in [6.45, 7) is 3.57. The molecule has 1 unspecified atom stereocenters. The Morgan fingerprint density at radius 3 is 3.05 bits per heavy atom. The van der Waals surface area contributed by atoms with Gasteiger partial charge in [-0.15, -0.1) is 0 Å². The lowest BCUT2D eigenvalue weighted by molar-refractivity contribution is 0.0668. The predicted octanol–water partition coefficient (Wildman–Crippen LogP) is 2.57. The van der Waals surface area contributed by atoms with Crippen LogP contribution < -0.4 is 5.32 Å². The zero-order valence-corrected chi connectivity index (χ0v) is 12.0. The molecule has 3 rings (SSSR count). The average Bonchev–Trinajstić information content (AvgIpc) is 2.92. The van der Waals surface area contributed by atoms with Crippen molar-refractivity contribution in [3.05, 3.63) is 35.6 Å². The van der Waals surface area contributed by atoms with Gasteiger partial charge in [-0.1, -0.05) is 18.2 Å². The second kappa shape index (κ2) is 5.29. The number of carbonyl (C=O) groups is 1. The van der Waals surface area contributed by atoms with Crippen LogP contribution in [0.15, 0.2) is 28.7 Å². The number of para-hydroxylation sites is 1. The smallest absolute Gasteiger partial charge is 0.289 e. The van der Waals surface area contributed by atoms with Crippen LogP contribution in [-0.2, 0) is 0 Å². The summed E-state index contributed by atoms with van der Waals surface area (Å²) in [5, 5.41) is 4.25. The Kier molecular flexibility index (Phi) is 3.49. The summed E-state index contributed by atoms with van der Waals surface area (Å²) < 4.78 is 5.77. The summed E-state index contributed by atoms with van der Waals surface area (Å²) in [6, 6.07) is 8.21. The third-order valence-electron chi connectivity index (χ3n) is 4.07. The fourth-order valence-corrected chi connectivity index (χ4v) is 2.87. The number of likely N-dealkylation sites (tertiary alicyclic amines) is 1. The Hall–Kier alpha value is -1.81. The fraction of sp³-hybridized carbons (Fsp3) is 0.438. The lowest BCUT2D eigenvalue weighted by atomic mass is 10.1. The average molecular weight is 272 g/mol. The molecule has 4 nitrogen and oxygen atoms in total. The fourth-order valence-electron chi connectivity index (χ4n) is 2.87. The molecule has 1 aromatic heterocycles. The molecule has 0 saturated carbocycles. The number of rotatable bonds is 2. The molecule has 1 atom stereocenters. The standard InChI is InChI=1S/C16H20N2O2/c1-11-5-3-6-12-9-14(20-15(11)12)16(19)18-8-4-7-13(10-18)17-2/h3,5-6,9,13,17H,4,7-8,10H2,1-2H3. The Labute approximate surface area is 118 Å². The maximum absolute atomic E-state index is 12.5. The number of amides is 1. The first-order valence-corrected chi connectivity index (χ1v) is 7.14. The first-order chi connectivity index (χ1) is 9.69. The van der Waals surface area contributed by atoms with Gasteiger partial charge in [0.05, 0.1) is 0 Å². The lowest BCUT2D eigenvalue weighted by Crippen LogP contribution is -2.46. The summed E-state index contributed by atoms with van der Waals surface area (Å²) in [7, 11) is 1.95. The lowest BCUT2D eigenvalue weighted by Gasteiger charge is -2.31. The summed E-state index contributed by atoms with van der Waals surface area (Å²) in [6.07, 6.45) is 2.16. The predicted molar refractivity (Wildman–Crippen MR) is 78.9 cm³/mol. The van der Waals surface area contributed by atoms with Gasteiger partial charge in [-0.3, -0.25) is 4.79 Å². The van der Waals surface area contributed by atoms with Crippen LogP contribution in [0.1, 0.15) is 29.0 Å². The highest BCUT2D eigenvalue weighted by Crippen LogP contribution is 2.24. The van der Waals surface area contributed by atoms with E-state index in [9.17, 15) is 4.79 Å². The third-order valence-corrected chi connectivity index (χ3v) is 4.07.